The van der Waals surface area contributed by atoms with Crippen LogP contribution in [0.3, 0.4) is 0 Å². The first-order chi connectivity index (χ1) is 13.5. The SMILES string of the molecule is COc1ccc2cc(NC(=O)[C@H]3CCO[C@@H]3c3cnn(C(C)C)c3)ccc2n1. The van der Waals surface area contributed by atoms with E-state index in [0.717, 1.165) is 22.2 Å². The first-order valence-electron chi connectivity index (χ1n) is 9.46. The summed E-state index contributed by atoms with van der Waals surface area (Å²) in [4.78, 5) is 17.3. The Bertz CT molecular complexity index is 998. The minimum absolute atomic E-state index is 0.0411. The van der Waals surface area contributed by atoms with E-state index in [-0.39, 0.29) is 24.0 Å². The Kier molecular flexibility index (Phi) is 5.00. The van der Waals surface area contributed by atoms with Gasteiger partial charge in [-0.25, -0.2) is 4.98 Å². The number of rotatable bonds is 5. The number of methoxy groups -OCH3 is 1. The normalized spacial score (nSPS) is 19.3. The van der Waals surface area contributed by atoms with Gasteiger partial charge in [-0.05, 0) is 44.5 Å². The Morgan fingerprint density at radius 3 is 2.93 bits per heavy atom. The van der Waals surface area contributed by atoms with E-state index >= 15 is 0 Å². The van der Waals surface area contributed by atoms with Gasteiger partial charge in [0.05, 0.1) is 30.8 Å². The molecule has 2 atom stereocenters. The van der Waals surface area contributed by atoms with E-state index in [1.807, 2.05) is 35.1 Å². The number of ether oxygens (including phenoxy) is 2. The summed E-state index contributed by atoms with van der Waals surface area (Å²) >= 11 is 0. The van der Waals surface area contributed by atoms with Crippen molar-refractivity contribution in [2.45, 2.75) is 32.4 Å². The maximum absolute atomic E-state index is 12.9. The summed E-state index contributed by atoms with van der Waals surface area (Å²) in [7, 11) is 1.59. The molecule has 0 saturated carbocycles. The monoisotopic (exact) mass is 380 g/mol. The molecule has 3 aromatic rings. The van der Waals surface area contributed by atoms with E-state index in [9.17, 15) is 4.79 Å². The Hall–Kier alpha value is -2.93. The van der Waals surface area contributed by atoms with Gasteiger partial charge in [-0.3, -0.25) is 9.48 Å². The van der Waals surface area contributed by atoms with Crippen LogP contribution in [0, 0.1) is 5.92 Å². The second-order valence-corrected chi connectivity index (χ2v) is 7.28. The zero-order chi connectivity index (χ0) is 19.7. The molecule has 7 heteroatoms. The number of carbonyl (C=O) groups excluding carboxylic acids is 1. The molecule has 1 aromatic carbocycles. The maximum atomic E-state index is 12.9. The minimum atomic E-state index is -0.265. The van der Waals surface area contributed by atoms with E-state index in [1.165, 1.54) is 0 Å². The van der Waals surface area contributed by atoms with Gasteiger partial charge in [-0.2, -0.15) is 5.10 Å². The number of pyridine rings is 1. The van der Waals surface area contributed by atoms with Gasteiger partial charge in [0.1, 0.15) is 0 Å². The van der Waals surface area contributed by atoms with Crippen molar-refractivity contribution in [3.05, 3.63) is 48.3 Å². The number of anilines is 1. The number of nitrogens with zero attached hydrogens (tertiary/aromatic N) is 3. The van der Waals surface area contributed by atoms with E-state index in [0.29, 0.717) is 18.9 Å². The van der Waals surface area contributed by atoms with Gasteiger partial charge in [-0.15, -0.1) is 0 Å². The zero-order valence-corrected chi connectivity index (χ0v) is 16.3. The maximum Gasteiger partial charge on any atom is 0.230 e. The molecule has 1 fully saturated rings. The highest BCUT2D eigenvalue weighted by Crippen LogP contribution is 2.35. The lowest BCUT2D eigenvalue weighted by molar-refractivity contribution is -0.121. The number of carbonyl (C=O) groups is 1. The molecule has 146 valence electrons. The molecule has 0 bridgehead atoms. The number of benzene rings is 1. The second kappa shape index (κ2) is 7.59. The fraction of sp³-hybridized carbons (Fsp3) is 0.381. The van der Waals surface area contributed by atoms with E-state index in [4.69, 9.17) is 9.47 Å². The summed E-state index contributed by atoms with van der Waals surface area (Å²) in [6.07, 6.45) is 4.19. The predicted octanol–water partition coefficient (Wildman–Crippen LogP) is 3.74. The summed E-state index contributed by atoms with van der Waals surface area (Å²) in [5.41, 5.74) is 2.51. The standard InChI is InChI=1S/C21H24N4O3/c1-13(2)25-12-15(11-22-25)20-17(8-9-28-20)21(26)23-16-5-6-18-14(10-16)4-7-19(24-18)27-3/h4-7,10-13,17,20H,8-9H2,1-3H3,(H,23,26)/t17-,20+/m0/s1. The highest BCUT2D eigenvalue weighted by atomic mass is 16.5. The highest BCUT2D eigenvalue weighted by molar-refractivity contribution is 5.95. The Balaban J connectivity index is 1.51. The van der Waals surface area contributed by atoms with Crippen molar-refractivity contribution in [1.82, 2.24) is 14.8 Å². The molecule has 1 aliphatic heterocycles. The Morgan fingerprint density at radius 2 is 2.18 bits per heavy atom. The smallest absolute Gasteiger partial charge is 0.230 e. The molecule has 0 spiro atoms. The quantitative estimate of drug-likeness (QED) is 0.730. The van der Waals surface area contributed by atoms with Crippen LogP contribution < -0.4 is 10.1 Å². The largest absolute Gasteiger partial charge is 0.481 e. The summed E-state index contributed by atoms with van der Waals surface area (Å²) < 4.78 is 12.9. The van der Waals surface area contributed by atoms with Gasteiger partial charge in [0.15, 0.2) is 0 Å². The van der Waals surface area contributed by atoms with Gasteiger partial charge in [-0.1, -0.05) is 0 Å². The second-order valence-electron chi connectivity index (χ2n) is 7.28. The van der Waals surface area contributed by atoms with Gasteiger partial charge in [0, 0.05) is 41.5 Å². The van der Waals surface area contributed by atoms with Gasteiger partial charge >= 0.3 is 0 Å². The molecule has 7 nitrogen and oxygen atoms in total. The minimum Gasteiger partial charge on any atom is -0.481 e. The van der Waals surface area contributed by atoms with Crippen LogP contribution in [0.2, 0.25) is 0 Å². The van der Waals surface area contributed by atoms with E-state index in [1.54, 1.807) is 19.4 Å². The topological polar surface area (TPSA) is 78.3 Å². The van der Waals surface area contributed by atoms with Gasteiger partial charge < -0.3 is 14.8 Å². The van der Waals surface area contributed by atoms with Crippen LogP contribution in [0.1, 0.15) is 38.0 Å². The van der Waals surface area contributed by atoms with Crippen molar-refractivity contribution in [3.63, 3.8) is 0 Å². The van der Waals surface area contributed by atoms with Gasteiger partial charge in [0.25, 0.3) is 0 Å². The molecule has 1 amide bonds. The Labute approximate surface area is 163 Å². The summed E-state index contributed by atoms with van der Waals surface area (Å²) in [5, 5.41) is 8.34. The molecule has 4 rings (SSSR count). The summed E-state index contributed by atoms with van der Waals surface area (Å²) in [6, 6.07) is 9.66. The number of amides is 1. The molecule has 3 heterocycles. The van der Waals surface area contributed by atoms with E-state index in [2.05, 4.69) is 29.2 Å². The Morgan fingerprint density at radius 1 is 1.32 bits per heavy atom. The van der Waals surface area contributed by atoms with Crippen LogP contribution in [0.5, 0.6) is 5.88 Å². The number of fused-ring (bicyclic) bond motifs is 1. The van der Waals surface area contributed by atoms with E-state index < -0.39 is 0 Å². The van der Waals surface area contributed by atoms with Crippen molar-refractivity contribution in [1.29, 1.82) is 0 Å². The van der Waals surface area contributed by atoms with Crippen molar-refractivity contribution in [3.8, 4) is 5.88 Å². The lowest BCUT2D eigenvalue weighted by atomic mass is 9.96. The van der Waals surface area contributed by atoms with Crippen LogP contribution in [0.25, 0.3) is 10.9 Å². The number of hydrogen-bond acceptors (Lipinski definition) is 5. The molecule has 0 aliphatic carbocycles. The summed E-state index contributed by atoms with van der Waals surface area (Å²) in [6.45, 7) is 4.71. The van der Waals surface area contributed by atoms with Gasteiger partial charge in [0.2, 0.25) is 11.8 Å². The first-order valence-corrected chi connectivity index (χ1v) is 9.46. The average molecular weight is 380 g/mol. The lowest BCUT2D eigenvalue weighted by Crippen LogP contribution is -2.25. The molecule has 1 N–H and O–H groups in total. The third-order valence-electron chi connectivity index (χ3n) is 5.05. The fourth-order valence-corrected chi connectivity index (χ4v) is 3.50. The average Bonchev–Trinajstić information content (AvgIpc) is 3.36. The molecule has 0 unspecified atom stereocenters. The first kappa shape index (κ1) is 18.4. The predicted molar refractivity (Wildman–Crippen MR) is 106 cm³/mol. The molecule has 0 radical (unpaired) electrons. The number of nitrogens with one attached hydrogen (secondary N) is 1. The van der Waals surface area contributed by atoms with Crippen LogP contribution >= 0.6 is 0 Å². The highest BCUT2D eigenvalue weighted by Gasteiger charge is 2.36. The van der Waals surface area contributed by atoms with Crippen molar-refractivity contribution in [2.24, 2.45) is 5.92 Å². The van der Waals surface area contributed by atoms with Crippen LogP contribution in [-0.2, 0) is 9.53 Å². The molecule has 1 aliphatic rings. The van der Waals surface area contributed by atoms with Crippen LogP contribution in [0.4, 0.5) is 5.69 Å². The third-order valence-corrected chi connectivity index (χ3v) is 5.05. The van der Waals surface area contributed by atoms with Crippen LogP contribution in [0.15, 0.2) is 42.7 Å². The molecule has 1 saturated heterocycles. The lowest BCUT2D eigenvalue weighted by Gasteiger charge is -2.17. The fourth-order valence-electron chi connectivity index (χ4n) is 3.50. The molecular formula is C21H24N4O3. The molecular weight excluding hydrogens is 356 g/mol. The number of aromatic nitrogens is 3. The molecule has 2 aromatic heterocycles. The summed E-state index contributed by atoms with van der Waals surface area (Å²) in [5.74, 6) is 0.285. The number of hydrogen-bond donors (Lipinski definition) is 1. The zero-order valence-electron chi connectivity index (χ0n) is 16.3. The molecule has 28 heavy (non-hydrogen) atoms. The van der Waals surface area contributed by atoms with Crippen molar-refractivity contribution < 1.29 is 14.3 Å². The third kappa shape index (κ3) is 3.57. The van der Waals surface area contributed by atoms with Crippen molar-refractivity contribution in [2.75, 3.05) is 19.0 Å². The van der Waals surface area contributed by atoms with Crippen molar-refractivity contribution >= 4 is 22.5 Å². The van der Waals surface area contributed by atoms with Crippen LogP contribution in [-0.4, -0.2) is 34.4 Å².